The van der Waals surface area contributed by atoms with Gasteiger partial charge in [-0.15, -0.1) is 0 Å². The van der Waals surface area contributed by atoms with Crippen molar-refractivity contribution in [2.24, 2.45) is 12.8 Å². The van der Waals surface area contributed by atoms with Crippen molar-refractivity contribution >= 4 is 11.6 Å². The molecule has 0 aliphatic heterocycles. The summed E-state index contributed by atoms with van der Waals surface area (Å²) in [5, 5.41) is 6.84. The summed E-state index contributed by atoms with van der Waals surface area (Å²) in [6, 6.07) is 7.90. The minimum atomic E-state index is -0.121. The van der Waals surface area contributed by atoms with Gasteiger partial charge in [0.15, 0.2) is 0 Å². The average molecular weight is 256 g/mol. The summed E-state index contributed by atoms with van der Waals surface area (Å²) in [4.78, 5) is 12.1. The molecule has 0 radical (unpaired) electrons. The number of nitrogens with one attached hydrogen (secondary N) is 1. The van der Waals surface area contributed by atoms with E-state index < -0.39 is 0 Å². The highest BCUT2D eigenvalue weighted by Gasteiger charge is 2.34. The van der Waals surface area contributed by atoms with Gasteiger partial charge in [0, 0.05) is 30.8 Å². The van der Waals surface area contributed by atoms with Gasteiger partial charge in [-0.25, -0.2) is 0 Å². The number of rotatable bonds is 3. The molecule has 1 aromatic carbocycles. The van der Waals surface area contributed by atoms with Crippen molar-refractivity contribution in [2.45, 2.75) is 18.4 Å². The molecule has 5 nitrogen and oxygen atoms in total. The van der Waals surface area contributed by atoms with Crippen LogP contribution < -0.4 is 11.1 Å². The lowest BCUT2D eigenvalue weighted by Crippen LogP contribution is -2.12. The van der Waals surface area contributed by atoms with E-state index in [1.54, 1.807) is 17.1 Å². The van der Waals surface area contributed by atoms with Gasteiger partial charge in [-0.05, 0) is 24.1 Å². The standard InChI is InChI=1S/C14H16N4O/c1-18-8-11(7-16-18)17-14(19)10-4-2-3-9(5-10)12-6-13(12)15/h2-5,7-8,12-13H,6,15H2,1H3,(H,17,19)/t12-,13+/m0/s1. The largest absolute Gasteiger partial charge is 0.327 e. The topological polar surface area (TPSA) is 72.9 Å². The maximum atomic E-state index is 12.1. The maximum Gasteiger partial charge on any atom is 0.255 e. The molecule has 1 aromatic heterocycles. The fourth-order valence-electron chi connectivity index (χ4n) is 2.20. The van der Waals surface area contributed by atoms with E-state index in [1.807, 2.05) is 31.3 Å². The number of aryl methyl sites for hydroxylation is 1. The number of nitrogens with zero attached hydrogens (tertiary/aromatic N) is 2. The van der Waals surface area contributed by atoms with Crippen molar-refractivity contribution in [3.8, 4) is 0 Å². The fourth-order valence-corrected chi connectivity index (χ4v) is 2.20. The van der Waals surface area contributed by atoms with Gasteiger partial charge in [-0.3, -0.25) is 9.48 Å². The zero-order valence-corrected chi connectivity index (χ0v) is 10.7. The van der Waals surface area contributed by atoms with Gasteiger partial charge < -0.3 is 11.1 Å². The molecule has 1 aliphatic rings. The molecule has 98 valence electrons. The molecule has 1 amide bonds. The first-order chi connectivity index (χ1) is 9.13. The van der Waals surface area contributed by atoms with Crippen LogP contribution in [0.4, 0.5) is 5.69 Å². The molecule has 1 fully saturated rings. The lowest BCUT2D eigenvalue weighted by atomic mass is 10.1. The highest BCUT2D eigenvalue weighted by atomic mass is 16.1. The SMILES string of the molecule is Cn1cc(NC(=O)c2cccc([C@@H]3C[C@H]3N)c2)cn1. The summed E-state index contributed by atoms with van der Waals surface area (Å²) in [6.07, 6.45) is 4.39. The minimum Gasteiger partial charge on any atom is -0.327 e. The Bertz CT molecular complexity index is 619. The third-order valence-electron chi connectivity index (χ3n) is 3.38. The highest BCUT2D eigenvalue weighted by molar-refractivity contribution is 6.04. The van der Waals surface area contributed by atoms with Crippen LogP contribution in [0.25, 0.3) is 0 Å². The summed E-state index contributed by atoms with van der Waals surface area (Å²) >= 11 is 0. The van der Waals surface area contributed by atoms with Crippen molar-refractivity contribution in [3.05, 3.63) is 47.8 Å². The first kappa shape index (κ1) is 11.9. The predicted molar refractivity (Wildman–Crippen MR) is 72.9 cm³/mol. The van der Waals surface area contributed by atoms with E-state index in [0.717, 1.165) is 12.0 Å². The number of hydrogen-bond donors (Lipinski definition) is 2. The fraction of sp³-hybridized carbons (Fsp3) is 0.286. The van der Waals surface area contributed by atoms with Crippen LogP contribution in [-0.2, 0) is 7.05 Å². The molecule has 0 bridgehead atoms. The molecular weight excluding hydrogens is 240 g/mol. The summed E-state index contributed by atoms with van der Waals surface area (Å²) in [6.45, 7) is 0. The number of amides is 1. The number of aromatic nitrogens is 2. The summed E-state index contributed by atoms with van der Waals surface area (Å²) in [5.74, 6) is 0.287. The third kappa shape index (κ3) is 2.51. The van der Waals surface area contributed by atoms with Gasteiger partial charge in [-0.1, -0.05) is 12.1 Å². The van der Waals surface area contributed by atoms with Crippen LogP contribution in [0.15, 0.2) is 36.7 Å². The van der Waals surface area contributed by atoms with E-state index in [9.17, 15) is 4.79 Å². The van der Waals surface area contributed by atoms with E-state index in [0.29, 0.717) is 17.2 Å². The lowest BCUT2D eigenvalue weighted by Gasteiger charge is -2.05. The maximum absolute atomic E-state index is 12.1. The second-order valence-corrected chi connectivity index (χ2v) is 4.99. The van der Waals surface area contributed by atoms with Crippen molar-refractivity contribution in [1.29, 1.82) is 0 Å². The Morgan fingerprint density at radius 3 is 2.95 bits per heavy atom. The van der Waals surface area contributed by atoms with Gasteiger partial charge in [0.05, 0.1) is 11.9 Å². The second-order valence-electron chi connectivity index (χ2n) is 4.99. The zero-order chi connectivity index (χ0) is 13.4. The van der Waals surface area contributed by atoms with Crippen molar-refractivity contribution < 1.29 is 4.79 Å². The number of carbonyl (C=O) groups excluding carboxylic acids is 1. The molecule has 1 heterocycles. The monoisotopic (exact) mass is 256 g/mol. The molecular formula is C14H16N4O. The predicted octanol–water partition coefficient (Wildman–Crippen LogP) is 1.49. The van der Waals surface area contributed by atoms with Gasteiger partial charge in [-0.2, -0.15) is 5.10 Å². The normalized spacial score (nSPS) is 21.2. The second kappa shape index (κ2) is 4.51. The molecule has 1 aliphatic carbocycles. The Morgan fingerprint density at radius 1 is 1.53 bits per heavy atom. The molecule has 0 spiro atoms. The smallest absolute Gasteiger partial charge is 0.255 e. The highest BCUT2D eigenvalue weighted by Crippen LogP contribution is 2.39. The summed E-state index contributed by atoms with van der Waals surface area (Å²) in [5.41, 5.74) is 8.33. The molecule has 1 saturated carbocycles. The number of benzene rings is 1. The van der Waals surface area contributed by atoms with Crippen LogP contribution in [-0.4, -0.2) is 21.7 Å². The van der Waals surface area contributed by atoms with Crippen LogP contribution in [0, 0.1) is 0 Å². The first-order valence-electron chi connectivity index (χ1n) is 6.29. The van der Waals surface area contributed by atoms with Crippen molar-refractivity contribution in [3.63, 3.8) is 0 Å². The molecule has 2 aromatic rings. The van der Waals surface area contributed by atoms with E-state index >= 15 is 0 Å². The molecule has 19 heavy (non-hydrogen) atoms. The van der Waals surface area contributed by atoms with Gasteiger partial charge in [0.25, 0.3) is 5.91 Å². The molecule has 3 rings (SSSR count). The Morgan fingerprint density at radius 2 is 2.32 bits per heavy atom. The zero-order valence-electron chi connectivity index (χ0n) is 10.7. The van der Waals surface area contributed by atoms with Crippen LogP contribution in [0.2, 0.25) is 0 Å². The van der Waals surface area contributed by atoms with Gasteiger partial charge in [0.2, 0.25) is 0 Å². The number of carbonyl (C=O) groups is 1. The van der Waals surface area contributed by atoms with Crippen molar-refractivity contribution in [2.75, 3.05) is 5.32 Å². The number of hydrogen-bond acceptors (Lipinski definition) is 3. The third-order valence-corrected chi connectivity index (χ3v) is 3.38. The molecule has 0 saturated heterocycles. The van der Waals surface area contributed by atoms with E-state index in [4.69, 9.17) is 5.73 Å². The lowest BCUT2D eigenvalue weighted by molar-refractivity contribution is 0.102. The minimum absolute atomic E-state index is 0.121. The van der Waals surface area contributed by atoms with Crippen LogP contribution >= 0.6 is 0 Å². The molecule has 2 atom stereocenters. The Kier molecular flexibility index (Phi) is 2.83. The average Bonchev–Trinajstić information content (AvgIpc) is 3.00. The van der Waals surface area contributed by atoms with Crippen molar-refractivity contribution in [1.82, 2.24) is 9.78 Å². The van der Waals surface area contributed by atoms with E-state index in [1.165, 1.54) is 0 Å². The van der Waals surface area contributed by atoms with Gasteiger partial charge in [0.1, 0.15) is 0 Å². The van der Waals surface area contributed by atoms with Gasteiger partial charge >= 0.3 is 0 Å². The van der Waals surface area contributed by atoms with E-state index in [-0.39, 0.29) is 11.9 Å². The Hall–Kier alpha value is -2.14. The molecule has 5 heteroatoms. The Labute approximate surface area is 111 Å². The van der Waals surface area contributed by atoms with Crippen LogP contribution in [0.3, 0.4) is 0 Å². The van der Waals surface area contributed by atoms with Crippen LogP contribution in [0.5, 0.6) is 0 Å². The summed E-state index contributed by atoms with van der Waals surface area (Å²) < 4.78 is 1.65. The Balaban J connectivity index is 1.76. The number of anilines is 1. The molecule has 3 N–H and O–H groups in total. The van der Waals surface area contributed by atoms with E-state index in [2.05, 4.69) is 10.4 Å². The number of nitrogens with two attached hydrogens (primary N) is 1. The first-order valence-corrected chi connectivity index (χ1v) is 6.29. The quantitative estimate of drug-likeness (QED) is 0.873. The van der Waals surface area contributed by atoms with Crippen LogP contribution in [0.1, 0.15) is 28.3 Å². The summed E-state index contributed by atoms with van der Waals surface area (Å²) in [7, 11) is 1.81. The molecule has 0 unspecified atom stereocenters.